The molecule has 1 saturated heterocycles. The molecule has 2 aromatic carbocycles. The normalized spacial score (nSPS) is 18.9. The molecule has 1 fully saturated rings. The van der Waals surface area contributed by atoms with Crippen LogP contribution in [0.2, 0.25) is 10.0 Å². The van der Waals surface area contributed by atoms with Crippen LogP contribution < -0.4 is 0 Å². The van der Waals surface area contributed by atoms with Gasteiger partial charge in [-0.1, -0.05) is 41.4 Å². The molecule has 2 aliphatic heterocycles. The number of carbonyl (C=O) groups is 2. The second-order valence-corrected chi connectivity index (χ2v) is 9.79. The Morgan fingerprint density at radius 2 is 1.89 bits per heavy atom. The zero-order valence-electron chi connectivity index (χ0n) is 20.7. The molecular weight excluding hydrogens is 511 g/mol. The molecule has 0 N–H and O–H groups in total. The Balaban J connectivity index is 1.62. The van der Waals surface area contributed by atoms with Crippen LogP contribution in [0.4, 0.5) is 4.79 Å². The molecule has 0 aliphatic carbocycles. The van der Waals surface area contributed by atoms with E-state index >= 15 is 0 Å². The van der Waals surface area contributed by atoms with Crippen molar-refractivity contribution in [2.45, 2.75) is 18.9 Å². The number of benzene rings is 2. The molecule has 37 heavy (non-hydrogen) atoms. The van der Waals surface area contributed by atoms with Gasteiger partial charge in [0.1, 0.15) is 0 Å². The minimum Gasteiger partial charge on any atom is -0.376 e. The summed E-state index contributed by atoms with van der Waals surface area (Å²) < 4.78 is 5.57. The second kappa shape index (κ2) is 11.8. The van der Waals surface area contributed by atoms with E-state index in [4.69, 9.17) is 33.2 Å². The van der Waals surface area contributed by atoms with Crippen LogP contribution in [0.25, 0.3) is 0 Å². The van der Waals surface area contributed by atoms with Gasteiger partial charge in [0, 0.05) is 50.5 Å². The highest BCUT2D eigenvalue weighted by atomic mass is 35.5. The van der Waals surface area contributed by atoms with Gasteiger partial charge in [0.15, 0.2) is 0 Å². The van der Waals surface area contributed by atoms with Crippen LogP contribution >= 0.6 is 23.2 Å². The Labute approximate surface area is 227 Å². The number of rotatable bonds is 6. The lowest BCUT2D eigenvalue weighted by atomic mass is 9.93. The summed E-state index contributed by atoms with van der Waals surface area (Å²) in [6.45, 7) is 4.00. The fraction of sp³-hybridized carbons (Fsp3) is 0.321. The highest BCUT2D eigenvalue weighted by Gasteiger charge is 2.41. The highest BCUT2D eigenvalue weighted by Crippen LogP contribution is 2.35. The Morgan fingerprint density at radius 3 is 2.57 bits per heavy atom. The van der Waals surface area contributed by atoms with Gasteiger partial charge in [-0.05, 0) is 55.0 Å². The molecular formula is C28H28Cl2N4O3. The molecule has 192 valence electrons. The quantitative estimate of drug-likeness (QED) is 0.498. The van der Waals surface area contributed by atoms with Crippen molar-refractivity contribution in [2.24, 2.45) is 0 Å². The SMILES string of the molecule is CCOCC1=CC=CCN1C(=O)N(C)[C@@H]1CN(C(=O)c2ccc(C#N)cc2)C[C@H]1c1ccc(Cl)c(Cl)c1. The molecule has 0 unspecified atom stereocenters. The summed E-state index contributed by atoms with van der Waals surface area (Å²) in [6.07, 6.45) is 5.73. The molecule has 0 radical (unpaired) electrons. The van der Waals surface area contributed by atoms with Crippen molar-refractivity contribution < 1.29 is 14.3 Å². The predicted octanol–water partition coefficient (Wildman–Crippen LogP) is 5.32. The van der Waals surface area contributed by atoms with Crippen molar-refractivity contribution in [3.05, 3.63) is 93.1 Å². The van der Waals surface area contributed by atoms with Gasteiger partial charge in [0.2, 0.25) is 0 Å². The Kier molecular flexibility index (Phi) is 8.55. The molecule has 4 rings (SSSR count). The Hall–Kier alpha value is -3.31. The van der Waals surface area contributed by atoms with Gasteiger partial charge in [0.25, 0.3) is 5.91 Å². The number of likely N-dealkylation sites (N-methyl/N-ethyl adjacent to an activating group) is 1. The fourth-order valence-corrected chi connectivity index (χ4v) is 5.01. The molecule has 0 aromatic heterocycles. The lowest BCUT2D eigenvalue weighted by molar-refractivity contribution is 0.0779. The van der Waals surface area contributed by atoms with Gasteiger partial charge in [-0.3, -0.25) is 9.69 Å². The molecule has 3 amide bonds. The summed E-state index contributed by atoms with van der Waals surface area (Å²) in [5.74, 6) is -0.332. The van der Waals surface area contributed by atoms with Crippen LogP contribution in [-0.4, -0.2) is 72.6 Å². The van der Waals surface area contributed by atoms with Crippen molar-refractivity contribution >= 4 is 35.1 Å². The van der Waals surface area contributed by atoms with Crippen molar-refractivity contribution in [3.63, 3.8) is 0 Å². The lowest BCUT2D eigenvalue weighted by Gasteiger charge is -2.35. The molecule has 0 spiro atoms. The molecule has 9 heteroatoms. The first-order valence-corrected chi connectivity index (χ1v) is 12.8. The van der Waals surface area contributed by atoms with E-state index in [0.29, 0.717) is 54.0 Å². The fourth-order valence-electron chi connectivity index (χ4n) is 4.70. The molecule has 2 aromatic rings. The number of amides is 3. The monoisotopic (exact) mass is 538 g/mol. The first kappa shape index (κ1) is 26.7. The summed E-state index contributed by atoms with van der Waals surface area (Å²) >= 11 is 12.5. The van der Waals surface area contributed by atoms with Crippen LogP contribution in [0.1, 0.15) is 34.3 Å². The van der Waals surface area contributed by atoms with Crippen molar-refractivity contribution in [1.29, 1.82) is 5.26 Å². The number of allylic oxidation sites excluding steroid dienone is 2. The third kappa shape index (κ3) is 5.83. The van der Waals surface area contributed by atoms with Crippen LogP contribution in [0.15, 0.2) is 66.4 Å². The largest absolute Gasteiger partial charge is 0.376 e. The summed E-state index contributed by atoms with van der Waals surface area (Å²) in [7, 11) is 1.77. The Bertz CT molecular complexity index is 1270. The summed E-state index contributed by atoms with van der Waals surface area (Å²) in [4.78, 5) is 32.3. The molecule has 0 bridgehead atoms. The number of hydrogen-bond donors (Lipinski definition) is 0. The maximum Gasteiger partial charge on any atom is 0.324 e. The molecule has 2 atom stereocenters. The zero-order valence-corrected chi connectivity index (χ0v) is 22.2. The predicted molar refractivity (Wildman–Crippen MR) is 144 cm³/mol. The van der Waals surface area contributed by atoms with Crippen LogP contribution in [-0.2, 0) is 4.74 Å². The first-order chi connectivity index (χ1) is 17.8. The number of halogens is 2. The van der Waals surface area contributed by atoms with E-state index in [-0.39, 0.29) is 23.9 Å². The van der Waals surface area contributed by atoms with E-state index in [1.54, 1.807) is 58.1 Å². The van der Waals surface area contributed by atoms with E-state index in [1.807, 2.05) is 31.2 Å². The molecule has 7 nitrogen and oxygen atoms in total. The van der Waals surface area contributed by atoms with Gasteiger partial charge in [-0.25, -0.2) is 4.79 Å². The van der Waals surface area contributed by atoms with E-state index in [2.05, 4.69) is 6.07 Å². The maximum atomic E-state index is 13.7. The second-order valence-electron chi connectivity index (χ2n) is 8.97. The van der Waals surface area contributed by atoms with E-state index in [9.17, 15) is 9.59 Å². The van der Waals surface area contributed by atoms with Gasteiger partial charge in [-0.15, -0.1) is 0 Å². The van der Waals surface area contributed by atoms with Crippen LogP contribution in [0.3, 0.4) is 0 Å². The van der Waals surface area contributed by atoms with Crippen LogP contribution in [0.5, 0.6) is 0 Å². The number of nitriles is 1. The van der Waals surface area contributed by atoms with Crippen molar-refractivity contribution in [3.8, 4) is 6.07 Å². The van der Waals surface area contributed by atoms with E-state index in [1.165, 1.54) is 0 Å². The number of ether oxygens (including phenoxy) is 1. The van der Waals surface area contributed by atoms with E-state index < -0.39 is 0 Å². The molecule has 2 aliphatic rings. The molecule has 0 saturated carbocycles. The number of urea groups is 1. The molecule has 2 heterocycles. The minimum absolute atomic E-state index is 0.157. The third-order valence-electron chi connectivity index (χ3n) is 6.75. The van der Waals surface area contributed by atoms with Crippen LogP contribution in [0, 0.1) is 11.3 Å². The van der Waals surface area contributed by atoms with Gasteiger partial charge >= 0.3 is 6.03 Å². The summed E-state index contributed by atoms with van der Waals surface area (Å²) in [5.41, 5.74) is 2.67. The first-order valence-electron chi connectivity index (χ1n) is 12.1. The number of nitrogens with zero attached hydrogens (tertiary/aromatic N) is 4. The summed E-state index contributed by atoms with van der Waals surface area (Å²) in [5, 5.41) is 9.95. The number of likely N-dealkylation sites (tertiary alicyclic amines) is 1. The summed E-state index contributed by atoms with van der Waals surface area (Å²) in [6, 6.07) is 13.6. The smallest absolute Gasteiger partial charge is 0.324 e. The van der Waals surface area contributed by atoms with Gasteiger partial charge in [-0.2, -0.15) is 5.26 Å². The average Bonchev–Trinajstić information content (AvgIpc) is 3.38. The maximum absolute atomic E-state index is 13.7. The topological polar surface area (TPSA) is 76.9 Å². The zero-order chi connectivity index (χ0) is 26.5. The Morgan fingerprint density at radius 1 is 1.14 bits per heavy atom. The number of hydrogen-bond acceptors (Lipinski definition) is 4. The standard InChI is InChI=1S/C28H28Cl2N4O3/c1-3-37-18-22-6-4-5-13-34(22)28(36)32(2)26-17-33(27(35)20-9-7-19(15-31)8-10-20)16-23(26)21-11-12-24(29)25(30)14-21/h4-12,14,23,26H,3,13,16-18H2,1-2H3/t23-,26+/m0/s1. The van der Waals surface area contributed by atoms with Gasteiger partial charge < -0.3 is 14.5 Å². The van der Waals surface area contributed by atoms with E-state index in [0.717, 1.165) is 11.3 Å². The number of carbonyl (C=O) groups excluding carboxylic acids is 2. The lowest BCUT2D eigenvalue weighted by Crippen LogP contribution is -2.49. The van der Waals surface area contributed by atoms with Crippen molar-refractivity contribution in [1.82, 2.24) is 14.7 Å². The third-order valence-corrected chi connectivity index (χ3v) is 7.49. The minimum atomic E-state index is -0.300. The van der Waals surface area contributed by atoms with Gasteiger partial charge in [0.05, 0.1) is 34.3 Å². The average molecular weight is 539 g/mol. The highest BCUT2D eigenvalue weighted by molar-refractivity contribution is 6.42. The van der Waals surface area contributed by atoms with Crippen molar-refractivity contribution in [2.75, 3.05) is 39.9 Å².